The Hall–Kier alpha value is -2.80. The molecule has 6 nitrogen and oxygen atoms in total. The van der Waals surface area contributed by atoms with E-state index in [0.717, 1.165) is 4.90 Å². The van der Waals surface area contributed by atoms with Gasteiger partial charge in [0.2, 0.25) is 5.91 Å². The molecule has 7 heteroatoms. The molecule has 0 unspecified atom stereocenters. The highest BCUT2D eigenvalue weighted by molar-refractivity contribution is 8.00. The Bertz CT molecular complexity index is 818. The summed E-state index contributed by atoms with van der Waals surface area (Å²) in [5, 5.41) is 8.07. The summed E-state index contributed by atoms with van der Waals surface area (Å²) in [4.78, 5) is 36.2. The van der Waals surface area contributed by atoms with Crippen LogP contribution in [-0.4, -0.2) is 30.5 Å². The molecular weight excluding hydrogens is 326 g/mol. The van der Waals surface area contributed by atoms with Crippen LogP contribution in [0.4, 0.5) is 11.4 Å². The zero-order chi connectivity index (χ0) is 17.1. The van der Waals surface area contributed by atoms with Gasteiger partial charge in [-0.3, -0.25) is 14.4 Å². The van der Waals surface area contributed by atoms with Gasteiger partial charge in [0.15, 0.2) is 0 Å². The molecule has 0 bridgehead atoms. The summed E-state index contributed by atoms with van der Waals surface area (Å²) in [6.45, 7) is 0. The minimum absolute atomic E-state index is 0.0742. The predicted octanol–water partition coefficient (Wildman–Crippen LogP) is 2.34. The number of hydrogen-bond acceptors (Lipinski definition) is 4. The molecule has 1 heterocycles. The number of benzene rings is 2. The van der Waals surface area contributed by atoms with Crippen LogP contribution in [0, 0.1) is 0 Å². The zero-order valence-corrected chi connectivity index (χ0v) is 13.7. The second-order valence-corrected chi connectivity index (χ2v) is 6.18. The molecular formula is C17H15N3O3S. The van der Waals surface area contributed by atoms with E-state index in [-0.39, 0.29) is 17.7 Å². The predicted molar refractivity (Wildman–Crippen MR) is 93.6 cm³/mol. The van der Waals surface area contributed by atoms with Gasteiger partial charge in [0.05, 0.1) is 11.4 Å². The molecule has 3 amide bonds. The fraction of sp³-hybridized carbons (Fsp3) is 0.118. The summed E-state index contributed by atoms with van der Waals surface area (Å²) < 4.78 is 0. The number of anilines is 2. The number of nitrogens with one attached hydrogen (secondary N) is 3. The monoisotopic (exact) mass is 341 g/mol. The van der Waals surface area contributed by atoms with Crippen LogP contribution in [0.2, 0.25) is 0 Å². The van der Waals surface area contributed by atoms with Gasteiger partial charge < -0.3 is 16.0 Å². The zero-order valence-electron chi connectivity index (χ0n) is 12.9. The lowest BCUT2D eigenvalue weighted by molar-refractivity contribution is -0.113. The van der Waals surface area contributed by atoms with Gasteiger partial charge in [-0.2, -0.15) is 0 Å². The van der Waals surface area contributed by atoms with Crippen molar-refractivity contribution in [3.63, 3.8) is 0 Å². The lowest BCUT2D eigenvalue weighted by Crippen LogP contribution is -2.20. The molecule has 0 aliphatic carbocycles. The number of carbonyl (C=O) groups excluding carboxylic acids is 3. The molecule has 0 spiro atoms. The Balaban J connectivity index is 1.74. The topological polar surface area (TPSA) is 87.3 Å². The smallest absolute Gasteiger partial charge is 0.255 e. The van der Waals surface area contributed by atoms with Gasteiger partial charge in [0, 0.05) is 28.8 Å². The van der Waals surface area contributed by atoms with Gasteiger partial charge in [-0.25, -0.2) is 0 Å². The normalized spacial score (nSPS) is 12.8. The lowest BCUT2D eigenvalue weighted by atomic mass is 10.1. The average Bonchev–Trinajstić information content (AvgIpc) is 2.61. The van der Waals surface area contributed by atoms with E-state index in [9.17, 15) is 14.4 Å². The molecule has 0 aromatic heterocycles. The third kappa shape index (κ3) is 3.41. The average molecular weight is 341 g/mol. The highest BCUT2D eigenvalue weighted by Gasteiger charge is 2.17. The molecule has 24 heavy (non-hydrogen) atoms. The van der Waals surface area contributed by atoms with Crippen molar-refractivity contribution in [1.29, 1.82) is 0 Å². The minimum Gasteiger partial charge on any atom is -0.355 e. The van der Waals surface area contributed by atoms with Crippen LogP contribution < -0.4 is 16.0 Å². The molecule has 0 saturated carbocycles. The molecule has 0 radical (unpaired) electrons. The second kappa shape index (κ2) is 6.76. The largest absolute Gasteiger partial charge is 0.355 e. The summed E-state index contributed by atoms with van der Waals surface area (Å²) in [5.74, 6) is -0.156. The number of carbonyl (C=O) groups is 3. The number of thioether (sulfide) groups is 1. The van der Waals surface area contributed by atoms with Gasteiger partial charge in [0.1, 0.15) is 0 Å². The molecule has 3 rings (SSSR count). The van der Waals surface area contributed by atoms with Crippen LogP contribution in [-0.2, 0) is 4.79 Å². The quantitative estimate of drug-likeness (QED) is 0.800. The van der Waals surface area contributed by atoms with E-state index in [0.29, 0.717) is 28.3 Å². The van der Waals surface area contributed by atoms with Crippen molar-refractivity contribution < 1.29 is 14.4 Å². The van der Waals surface area contributed by atoms with E-state index in [4.69, 9.17) is 0 Å². The number of rotatable bonds is 3. The van der Waals surface area contributed by atoms with Crippen LogP contribution in [0.25, 0.3) is 0 Å². The fourth-order valence-electron chi connectivity index (χ4n) is 2.28. The minimum atomic E-state index is -0.282. The van der Waals surface area contributed by atoms with E-state index in [1.165, 1.54) is 11.8 Å². The van der Waals surface area contributed by atoms with Crippen LogP contribution in [0.3, 0.4) is 0 Å². The Labute approximate surface area is 143 Å². The van der Waals surface area contributed by atoms with Crippen molar-refractivity contribution in [3.05, 3.63) is 53.6 Å². The second-order valence-electron chi connectivity index (χ2n) is 5.16. The fourth-order valence-corrected chi connectivity index (χ4v) is 3.07. The maximum absolute atomic E-state index is 12.3. The Morgan fingerprint density at radius 3 is 2.46 bits per heavy atom. The summed E-state index contributed by atoms with van der Waals surface area (Å²) >= 11 is 1.45. The van der Waals surface area contributed by atoms with E-state index < -0.39 is 0 Å². The first kappa shape index (κ1) is 16.1. The van der Waals surface area contributed by atoms with Crippen molar-refractivity contribution >= 4 is 40.9 Å². The SMILES string of the molecule is CNC(=O)c1ccc(NC(=O)c2ccc3c(c2)NC(=O)CS3)cc1. The highest BCUT2D eigenvalue weighted by atomic mass is 32.2. The highest BCUT2D eigenvalue weighted by Crippen LogP contribution is 2.32. The summed E-state index contributed by atoms with van der Waals surface area (Å²) in [6, 6.07) is 11.8. The molecule has 122 valence electrons. The molecule has 3 N–H and O–H groups in total. The first-order valence-electron chi connectivity index (χ1n) is 7.27. The van der Waals surface area contributed by atoms with E-state index in [2.05, 4.69) is 16.0 Å². The first-order chi connectivity index (χ1) is 11.6. The number of hydrogen-bond donors (Lipinski definition) is 3. The van der Waals surface area contributed by atoms with E-state index in [1.54, 1.807) is 43.4 Å². The van der Waals surface area contributed by atoms with Crippen molar-refractivity contribution in [2.45, 2.75) is 4.90 Å². The Morgan fingerprint density at radius 1 is 1.04 bits per heavy atom. The molecule has 2 aromatic rings. The maximum Gasteiger partial charge on any atom is 0.255 e. The van der Waals surface area contributed by atoms with Crippen molar-refractivity contribution in [2.24, 2.45) is 0 Å². The van der Waals surface area contributed by atoms with Crippen LogP contribution in [0.1, 0.15) is 20.7 Å². The van der Waals surface area contributed by atoms with Crippen LogP contribution in [0.5, 0.6) is 0 Å². The number of fused-ring (bicyclic) bond motifs is 1. The molecule has 1 aliphatic heterocycles. The van der Waals surface area contributed by atoms with Gasteiger partial charge in [-0.1, -0.05) is 0 Å². The van der Waals surface area contributed by atoms with Crippen molar-refractivity contribution in [3.8, 4) is 0 Å². The van der Waals surface area contributed by atoms with Crippen LogP contribution >= 0.6 is 11.8 Å². The van der Waals surface area contributed by atoms with Gasteiger partial charge >= 0.3 is 0 Å². The third-order valence-electron chi connectivity index (χ3n) is 3.51. The van der Waals surface area contributed by atoms with Crippen molar-refractivity contribution in [1.82, 2.24) is 5.32 Å². The van der Waals surface area contributed by atoms with Crippen LogP contribution in [0.15, 0.2) is 47.4 Å². The molecule has 1 aliphatic rings. The number of amides is 3. The van der Waals surface area contributed by atoms with Gasteiger partial charge in [-0.05, 0) is 42.5 Å². The summed E-state index contributed by atoms with van der Waals surface area (Å²) in [7, 11) is 1.56. The standard InChI is InChI=1S/C17H15N3O3S/c1-18-16(22)10-2-5-12(6-3-10)19-17(23)11-4-7-14-13(8-11)20-15(21)9-24-14/h2-8H,9H2,1H3,(H,18,22)(H,19,23)(H,20,21). The van der Waals surface area contributed by atoms with E-state index >= 15 is 0 Å². The Morgan fingerprint density at radius 2 is 1.75 bits per heavy atom. The maximum atomic E-state index is 12.3. The molecule has 0 saturated heterocycles. The molecule has 0 atom stereocenters. The lowest BCUT2D eigenvalue weighted by Gasteiger charge is -2.17. The first-order valence-corrected chi connectivity index (χ1v) is 8.25. The third-order valence-corrected chi connectivity index (χ3v) is 4.58. The molecule has 0 fully saturated rings. The van der Waals surface area contributed by atoms with Gasteiger partial charge in [0.25, 0.3) is 11.8 Å². The van der Waals surface area contributed by atoms with E-state index in [1.807, 2.05) is 6.07 Å². The van der Waals surface area contributed by atoms with Gasteiger partial charge in [-0.15, -0.1) is 11.8 Å². The summed E-state index contributed by atoms with van der Waals surface area (Å²) in [6.07, 6.45) is 0. The molecule has 2 aromatic carbocycles. The Kier molecular flexibility index (Phi) is 4.52. The summed E-state index contributed by atoms with van der Waals surface area (Å²) in [5.41, 5.74) is 2.21. The van der Waals surface area contributed by atoms with Crippen molar-refractivity contribution in [2.75, 3.05) is 23.4 Å².